The van der Waals surface area contributed by atoms with Crippen molar-refractivity contribution in [3.63, 3.8) is 0 Å². The van der Waals surface area contributed by atoms with E-state index in [1.807, 2.05) is 6.07 Å². The Labute approximate surface area is 116 Å². The molecule has 0 aliphatic heterocycles. The first-order valence-electron chi connectivity index (χ1n) is 7.34. The van der Waals surface area contributed by atoms with Gasteiger partial charge in [-0.2, -0.15) is 0 Å². The molecule has 0 heterocycles. The second-order valence-electron chi connectivity index (χ2n) is 4.87. The average molecular weight is 267 g/mol. The number of hydrogen-bond donors (Lipinski definition) is 1. The van der Waals surface area contributed by atoms with Crippen LogP contribution in [0.4, 0.5) is 4.39 Å². The van der Waals surface area contributed by atoms with Gasteiger partial charge in [-0.05, 0) is 26.0 Å². The van der Waals surface area contributed by atoms with Crippen LogP contribution in [0, 0.1) is 5.82 Å². The zero-order chi connectivity index (χ0) is 14.1. The Morgan fingerprint density at radius 2 is 2.00 bits per heavy atom. The van der Waals surface area contributed by atoms with Crippen LogP contribution in [0.5, 0.6) is 5.75 Å². The molecule has 1 aromatic rings. The van der Waals surface area contributed by atoms with Crippen molar-refractivity contribution in [1.29, 1.82) is 0 Å². The van der Waals surface area contributed by atoms with Gasteiger partial charge in [0.15, 0.2) is 0 Å². The lowest BCUT2D eigenvalue weighted by atomic mass is 10.1. The summed E-state index contributed by atoms with van der Waals surface area (Å²) in [7, 11) is 0. The third-order valence-electron chi connectivity index (χ3n) is 3.21. The van der Waals surface area contributed by atoms with E-state index < -0.39 is 0 Å². The summed E-state index contributed by atoms with van der Waals surface area (Å²) in [5.41, 5.74) is 1.03. The molecule has 0 saturated heterocycles. The smallest absolute Gasteiger partial charge is 0.126 e. The Morgan fingerprint density at radius 1 is 1.21 bits per heavy atom. The van der Waals surface area contributed by atoms with Crippen LogP contribution in [-0.4, -0.2) is 13.2 Å². The van der Waals surface area contributed by atoms with Crippen LogP contribution >= 0.6 is 0 Å². The molecule has 1 aromatic carbocycles. The molecule has 0 radical (unpaired) electrons. The van der Waals surface area contributed by atoms with Gasteiger partial charge >= 0.3 is 0 Å². The topological polar surface area (TPSA) is 21.3 Å². The SMILES string of the molecule is CCCCCCOc1cc(F)ccc1C(C)NCC. The summed E-state index contributed by atoms with van der Waals surface area (Å²) < 4.78 is 19.1. The molecule has 0 fully saturated rings. The first-order chi connectivity index (χ1) is 9.19. The molecule has 1 rings (SSSR count). The van der Waals surface area contributed by atoms with Crippen molar-refractivity contribution in [2.45, 2.75) is 52.5 Å². The minimum absolute atomic E-state index is 0.177. The normalized spacial score (nSPS) is 12.4. The van der Waals surface area contributed by atoms with E-state index >= 15 is 0 Å². The van der Waals surface area contributed by atoms with E-state index in [4.69, 9.17) is 4.74 Å². The summed E-state index contributed by atoms with van der Waals surface area (Å²) in [6.07, 6.45) is 4.64. The van der Waals surface area contributed by atoms with Gasteiger partial charge in [0.05, 0.1) is 6.61 Å². The molecule has 2 nitrogen and oxygen atoms in total. The zero-order valence-corrected chi connectivity index (χ0v) is 12.3. The second kappa shape index (κ2) is 8.92. The second-order valence-corrected chi connectivity index (χ2v) is 4.87. The van der Waals surface area contributed by atoms with Gasteiger partial charge in [-0.1, -0.05) is 39.2 Å². The van der Waals surface area contributed by atoms with Crippen LogP contribution in [0.3, 0.4) is 0 Å². The van der Waals surface area contributed by atoms with Crippen molar-refractivity contribution in [3.05, 3.63) is 29.6 Å². The minimum atomic E-state index is -0.240. The zero-order valence-electron chi connectivity index (χ0n) is 12.3. The fraction of sp³-hybridized carbons (Fsp3) is 0.625. The van der Waals surface area contributed by atoms with Crippen molar-refractivity contribution >= 4 is 0 Å². The minimum Gasteiger partial charge on any atom is -0.493 e. The Bertz CT molecular complexity index is 368. The fourth-order valence-corrected chi connectivity index (χ4v) is 2.12. The summed E-state index contributed by atoms with van der Waals surface area (Å²) in [5.74, 6) is 0.431. The predicted molar refractivity (Wildman–Crippen MR) is 78.1 cm³/mol. The standard InChI is InChI=1S/C16H26FNO/c1-4-6-7-8-11-19-16-12-14(17)9-10-15(16)13(3)18-5-2/h9-10,12-13,18H,4-8,11H2,1-3H3. The maximum atomic E-state index is 13.3. The van der Waals surface area contributed by atoms with Gasteiger partial charge < -0.3 is 10.1 Å². The van der Waals surface area contributed by atoms with E-state index in [0.717, 1.165) is 18.5 Å². The summed E-state index contributed by atoms with van der Waals surface area (Å²) in [6.45, 7) is 7.86. The lowest BCUT2D eigenvalue weighted by molar-refractivity contribution is 0.298. The molecule has 1 atom stereocenters. The maximum absolute atomic E-state index is 13.3. The number of hydrogen-bond acceptors (Lipinski definition) is 2. The van der Waals surface area contributed by atoms with Gasteiger partial charge in [-0.25, -0.2) is 4.39 Å². The van der Waals surface area contributed by atoms with E-state index in [-0.39, 0.29) is 11.9 Å². The number of rotatable bonds is 9. The maximum Gasteiger partial charge on any atom is 0.126 e. The number of unbranched alkanes of at least 4 members (excludes halogenated alkanes) is 3. The van der Waals surface area contributed by atoms with Crippen molar-refractivity contribution in [2.24, 2.45) is 0 Å². The van der Waals surface area contributed by atoms with Crippen molar-refractivity contribution in [2.75, 3.05) is 13.2 Å². The van der Waals surface area contributed by atoms with Crippen molar-refractivity contribution in [1.82, 2.24) is 5.32 Å². The number of benzene rings is 1. The molecular formula is C16H26FNO. The molecule has 0 aromatic heterocycles. The van der Waals surface area contributed by atoms with Gasteiger partial charge in [0.25, 0.3) is 0 Å². The van der Waals surface area contributed by atoms with E-state index in [0.29, 0.717) is 12.4 Å². The first kappa shape index (κ1) is 16.0. The van der Waals surface area contributed by atoms with Crippen LogP contribution in [-0.2, 0) is 0 Å². The highest BCUT2D eigenvalue weighted by Crippen LogP contribution is 2.26. The van der Waals surface area contributed by atoms with Gasteiger partial charge in [0.1, 0.15) is 11.6 Å². The molecule has 1 unspecified atom stereocenters. The summed E-state index contributed by atoms with van der Waals surface area (Å²) in [6, 6.07) is 4.97. The highest BCUT2D eigenvalue weighted by atomic mass is 19.1. The molecule has 0 spiro atoms. The van der Waals surface area contributed by atoms with Crippen LogP contribution in [0.15, 0.2) is 18.2 Å². The Hall–Kier alpha value is -1.09. The Balaban J connectivity index is 2.61. The molecule has 0 amide bonds. The summed E-state index contributed by atoms with van der Waals surface area (Å²) in [4.78, 5) is 0. The van der Waals surface area contributed by atoms with Gasteiger partial charge in [-0.3, -0.25) is 0 Å². The fourth-order valence-electron chi connectivity index (χ4n) is 2.12. The summed E-state index contributed by atoms with van der Waals surface area (Å²) in [5, 5.41) is 3.33. The average Bonchev–Trinajstić information content (AvgIpc) is 2.39. The monoisotopic (exact) mass is 267 g/mol. The molecule has 3 heteroatoms. The van der Waals surface area contributed by atoms with Crippen LogP contribution in [0.25, 0.3) is 0 Å². The molecule has 0 aliphatic carbocycles. The Kier molecular flexibility index (Phi) is 7.49. The predicted octanol–water partition coefficient (Wildman–Crippen LogP) is 4.46. The van der Waals surface area contributed by atoms with E-state index in [1.165, 1.54) is 31.4 Å². The largest absolute Gasteiger partial charge is 0.493 e. The molecule has 0 bridgehead atoms. The quantitative estimate of drug-likeness (QED) is 0.667. The molecule has 108 valence electrons. The molecule has 0 saturated carbocycles. The van der Waals surface area contributed by atoms with Crippen LogP contribution in [0.2, 0.25) is 0 Å². The molecule has 19 heavy (non-hydrogen) atoms. The van der Waals surface area contributed by atoms with Gasteiger partial charge in [0.2, 0.25) is 0 Å². The van der Waals surface area contributed by atoms with E-state index in [2.05, 4.69) is 26.1 Å². The first-order valence-corrected chi connectivity index (χ1v) is 7.34. The third-order valence-corrected chi connectivity index (χ3v) is 3.21. The van der Waals surface area contributed by atoms with Gasteiger partial charge in [0, 0.05) is 17.7 Å². The number of halogens is 1. The van der Waals surface area contributed by atoms with E-state index in [9.17, 15) is 4.39 Å². The summed E-state index contributed by atoms with van der Waals surface area (Å²) >= 11 is 0. The lowest BCUT2D eigenvalue weighted by Gasteiger charge is -2.17. The third kappa shape index (κ3) is 5.60. The molecular weight excluding hydrogens is 241 g/mol. The molecule has 1 N–H and O–H groups in total. The number of nitrogens with one attached hydrogen (secondary N) is 1. The van der Waals surface area contributed by atoms with Gasteiger partial charge in [-0.15, -0.1) is 0 Å². The highest BCUT2D eigenvalue weighted by molar-refractivity contribution is 5.36. The molecule has 0 aliphatic rings. The van der Waals surface area contributed by atoms with Crippen LogP contribution < -0.4 is 10.1 Å². The highest BCUT2D eigenvalue weighted by Gasteiger charge is 2.11. The lowest BCUT2D eigenvalue weighted by Crippen LogP contribution is -2.18. The van der Waals surface area contributed by atoms with Crippen LogP contribution in [0.1, 0.15) is 58.1 Å². The van der Waals surface area contributed by atoms with E-state index in [1.54, 1.807) is 0 Å². The van der Waals surface area contributed by atoms with Crippen molar-refractivity contribution in [3.8, 4) is 5.75 Å². The number of ether oxygens (including phenoxy) is 1. The Morgan fingerprint density at radius 3 is 2.68 bits per heavy atom. The van der Waals surface area contributed by atoms with Crippen molar-refractivity contribution < 1.29 is 9.13 Å².